The number of rotatable bonds is 18. The lowest BCUT2D eigenvalue weighted by Crippen LogP contribution is -2.26. The Kier molecular flexibility index (Phi) is 12.5. The number of unbranched alkanes of at least 4 members (excludes halogenated alkanes) is 2. The molecule has 0 aromatic heterocycles. The Hall–Kier alpha value is -4.56. The molecule has 47 heavy (non-hydrogen) atoms. The van der Waals surface area contributed by atoms with Crippen molar-refractivity contribution in [3.05, 3.63) is 125 Å². The van der Waals surface area contributed by atoms with E-state index in [0.717, 1.165) is 58.7 Å². The summed E-state index contributed by atoms with van der Waals surface area (Å²) in [4.78, 5) is 0. The largest absolute Gasteiger partial charge is 0.491 e. The maximum absolute atomic E-state index is 6.31. The van der Waals surface area contributed by atoms with Crippen LogP contribution in [0.2, 0.25) is 0 Å². The van der Waals surface area contributed by atoms with Crippen molar-refractivity contribution < 1.29 is 23.7 Å². The molecule has 0 spiro atoms. The van der Waals surface area contributed by atoms with Gasteiger partial charge in [-0.2, -0.15) is 5.10 Å². The Bertz CT molecular complexity index is 1630. The SMILES string of the molecule is C=C(Oc1ccc(CCOC)cc1/C=N/N=C1c2ccccc2-c2ccccc21)c1ccc(OCC(COCCCCC)OC)cc1. The molecule has 0 bridgehead atoms. The molecule has 1 unspecified atom stereocenters. The Morgan fingerprint density at radius 2 is 1.51 bits per heavy atom. The summed E-state index contributed by atoms with van der Waals surface area (Å²) < 4.78 is 28.9. The molecule has 7 heteroatoms. The van der Waals surface area contributed by atoms with E-state index in [1.54, 1.807) is 20.4 Å². The van der Waals surface area contributed by atoms with Crippen LogP contribution in [-0.4, -0.2) is 58.7 Å². The van der Waals surface area contributed by atoms with E-state index in [-0.39, 0.29) is 6.10 Å². The van der Waals surface area contributed by atoms with Gasteiger partial charge in [-0.05, 0) is 65.9 Å². The summed E-state index contributed by atoms with van der Waals surface area (Å²) in [5.74, 6) is 1.88. The number of hydrogen-bond donors (Lipinski definition) is 0. The molecular formula is C40H44N2O5. The van der Waals surface area contributed by atoms with Crippen LogP contribution in [-0.2, 0) is 20.6 Å². The number of benzene rings is 4. The normalized spacial score (nSPS) is 12.5. The first-order valence-corrected chi connectivity index (χ1v) is 16.2. The van der Waals surface area contributed by atoms with Crippen molar-refractivity contribution in [3.63, 3.8) is 0 Å². The summed E-state index contributed by atoms with van der Waals surface area (Å²) >= 11 is 0. The van der Waals surface area contributed by atoms with Gasteiger partial charge in [-0.25, -0.2) is 0 Å². The summed E-state index contributed by atoms with van der Waals surface area (Å²) in [6, 6.07) is 30.3. The minimum absolute atomic E-state index is 0.134. The van der Waals surface area contributed by atoms with Gasteiger partial charge in [0.1, 0.15) is 35.7 Å². The van der Waals surface area contributed by atoms with E-state index in [1.165, 1.54) is 24.0 Å². The van der Waals surface area contributed by atoms with Gasteiger partial charge in [0.15, 0.2) is 0 Å². The molecule has 0 N–H and O–H groups in total. The molecule has 244 valence electrons. The lowest BCUT2D eigenvalue weighted by Gasteiger charge is -2.17. The molecule has 0 aliphatic heterocycles. The topological polar surface area (TPSA) is 70.9 Å². The van der Waals surface area contributed by atoms with Gasteiger partial charge >= 0.3 is 0 Å². The maximum atomic E-state index is 6.31. The van der Waals surface area contributed by atoms with Gasteiger partial charge in [-0.3, -0.25) is 0 Å². The molecule has 7 nitrogen and oxygen atoms in total. The Balaban J connectivity index is 1.27. The second kappa shape index (κ2) is 17.4. The predicted molar refractivity (Wildman–Crippen MR) is 190 cm³/mol. The Morgan fingerprint density at radius 3 is 2.17 bits per heavy atom. The molecule has 4 aromatic rings. The molecular weight excluding hydrogens is 588 g/mol. The van der Waals surface area contributed by atoms with Crippen molar-refractivity contribution in [1.82, 2.24) is 0 Å². The van der Waals surface area contributed by atoms with Crippen LogP contribution in [0.25, 0.3) is 16.9 Å². The molecule has 0 amide bonds. The second-order valence-corrected chi connectivity index (χ2v) is 11.4. The molecule has 0 saturated carbocycles. The number of hydrogen-bond acceptors (Lipinski definition) is 7. The lowest BCUT2D eigenvalue weighted by atomic mass is 10.1. The van der Waals surface area contributed by atoms with Gasteiger partial charge in [-0.1, -0.05) is 80.9 Å². The van der Waals surface area contributed by atoms with Gasteiger partial charge in [0.25, 0.3) is 0 Å². The van der Waals surface area contributed by atoms with Crippen LogP contribution < -0.4 is 9.47 Å². The first kappa shape index (κ1) is 33.8. The molecule has 0 fully saturated rings. The fraction of sp³-hybridized carbons (Fsp3) is 0.300. The third-order valence-corrected chi connectivity index (χ3v) is 8.05. The predicted octanol–water partition coefficient (Wildman–Crippen LogP) is 8.38. The molecule has 1 aliphatic carbocycles. The van der Waals surface area contributed by atoms with Crippen LogP contribution in [0.3, 0.4) is 0 Å². The van der Waals surface area contributed by atoms with E-state index in [2.05, 4.69) is 48.9 Å². The number of methoxy groups -OCH3 is 2. The molecule has 1 aliphatic rings. The average molecular weight is 633 g/mol. The maximum Gasteiger partial charge on any atom is 0.136 e. The summed E-state index contributed by atoms with van der Waals surface area (Å²) in [6.07, 6.45) is 5.78. The summed E-state index contributed by atoms with van der Waals surface area (Å²) in [5.41, 5.74) is 8.08. The lowest BCUT2D eigenvalue weighted by molar-refractivity contribution is -0.0151. The molecule has 4 aromatic carbocycles. The van der Waals surface area contributed by atoms with Crippen molar-refractivity contribution >= 4 is 17.7 Å². The molecule has 5 rings (SSSR count). The van der Waals surface area contributed by atoms with Crippen LogP contribution >= 0.6 is 0 Å². The quantitative estimate of drug-likeness (QED) is 0.0420. The van der Waals surface area contributed by atoms with Crippen molar-refractivity contribution in [2.24, 2.45) is 10.2 Å². The van der Waals surface area contributed by atoms with E-state index in [0.29, 0.717) is 31.3 Å². The van der Waals surface area contributed by atoms with E-state index in [9.17, 15) is 0 Å². The highest BCUT2D eigenvalue weighted by molar-refractivity contribution is 6.24. The van der Waals surface area contributed by atoms with E-state index in [1.807, 2.05) is 60.7 Å². The van der Waals surface area contributed by atoms with Gasteiger partial charge in [0.2, 0.25) is 0 Å². The molecule has 1 atom stereocenters. The highest BCUT2D eigenvalue weighted by atomic mass is 16.6. The summed E-state index contributed by atoms with van der Waals surface area (Å²) in [5, 5.41) is 9.25. The number of nitrogens with zero attached hydrogens (tertiary/aromatic N) is 2. The van der Waals surface area contributed by atoms with E-state index in [4.69, 9.17) is 28.8 Å². The monoisotopic (exact) mass is 632 g/mol. The highest BCUT2D eigenvalue weighted by Gasteiger charge is 2.24. The Labute approximate surface area is 278 Å². The van der Waals surface area contributed by atoms with Crippen LogP contribution in [0.1, 0.15) is 54.0 Å². The average Bonchev–Trinajstić information content (AvgIpc) is 3.43. The van der Waals surface area contributed by atoms with Gasteiger partial charge in [-0.15, -0.1) is 5.10 Å². The zero-order valence-corrected chi connectivity index (χ0v) is 27.6. The van der Waals surface area contributed by atoms with Crippen molar-refractivity contribution in [3.8, 4) is 22.6 Å². The van der Waals surface area contributed by atoms with E-state index < -0.39 is 0 Å². The third kappa shape index (κ3) is 9.04. The van der Waals surface area contributed by atoms with Crippen molar-refractivity contribution in [2.45, 2.75) is 38.7 Å². The van der Waals surface area contributed by atoms with Crippen molar-refractivity contribution in [2.75, 3.05) is 40.6 Å². The van der Waals surface area contributed by atoms with Crippen LogP contribution in [0.15, 0.2) is 108 Å². The standard InChI is InChI=1S/C40H44N2O5/c1-5-6-11-23-45-27-34(44-4)28-46-33-19-17-31(18-20-33)29(2)47-39-21-16-30(22-24-43-3)25-32(39)26-41-42-40-37-14-9-7-12-35(37)36-13-8-10-15-38(36)40/h7-10,12-21,25-26,34H,2,5-6,11,22-24,27-28H2,1,3-4H3/b41-26+. The Morgan fingerprint density at radius 1 is 0.809 bits per heavy atom. The van der Waals surface area contributed by atoms with Gasteiger partial charge in [0.05, 0.1) is 19.4 Å². The smallest absolute Gasteiger partial charge is 0.136 e. The fourth-order valence-electron chi connectivity index (χ4n) is 5.39. The van der Waals surface area contributed by atoms with Crippen LogP contribution in [0, 0.1) is 0 Å². The fourth-order valence-corrected chi connectivity index (χ4v) is 5.39. The molecule has 0 radical (unpaired) electrons. The van der Waals surface area contributed by atoms with Crippen LogP contribution in [0.4, 0.5) is 0 Å². The van der Waals surface area contributed by atoms with Gasteiger partial charge in [0, 0.05) is 43.1 Å². The molecule has 0 saturated heterocycles. The zero-order chi connectivity index (χ0) is 32.8. The summed E-state index contributed by atoms with van der Waals surface area (Å²) in [6.45, 7) is 8.65. The zero-order valence-electron chi connectivity index (χ0n) is 27.6. The second-order valence-electron chi connectivity index (χ2n) is 11.4. The van der Waals surface area contributed by atoms with Gasteiger partial charge < -0.3 is 23.7 Å². The number of fused-ring (bicyclic) bond motifs is 3. The summed E-state index contributed by atoms with van der Waals surface area (Å²) in [7, 11) is 3.38. The molecule has 0 heterocycles. The first-order valence-electron chi connectivity index (χ1n) is 16.2. The van der Waals surface area contributed by atoms with Crippen LogP contribution in [0.5, 0.6) is 11.5 Å². The minimum atomic E-state index is -0.134. The first-order chi connectivity index (χ1) is 23.1. The number of ether oxygens (including phenoxy) is 5. The van der Waals surface area contributed by atoms with Crippen molar-refractivity contribution in [1.29, 1.82) is 0 Å². The minimum Gasteiger partial charge on any atom is -0.491 e. The highest BCUT2D eigenvalue weighted by Crippen LogP contribution is 2.36. The third-order valence-electron chi connectivity index (χ3n) is 8.05. The van der Waals surface area contributed by atoms with E-state index >= 15 is 0 Å².